The van der Waals surface area contributed by atoms with Crippen molar-refractivity contribution < 1.29 is 29.1 Å². The molecule has 0 radical (unpaired) electrons. The molecule has 1 fully saturated rings. The molecule has 1 saturated heterocycles. The number of nitrogens with one attached hydrogen (secondary N) is 4. The standard InChI is InChI=1S/C21H38N6O6S/c1-34-12-9-15(26-18(29)13-6-4-11-24-13)20(31)25-14(7-8-17(23)28)19(30)27-16(21(32)33)5-2-3-10-22/h13-16,24H,2-12,22H2,1H3,(H2,23,28)(H,25,31)(H,26,29)(H,27,30)(H,32,33). The van der Waals surface area contributed by atoms with E-state index in [0.717, 1.165) is 13.0 Å². The first-order chi connectivity index (χ1) is 16.2. The van der Waals surface area contributed by atoms with Gasteiger partial charge in [0.25, 0.3) is 0 Å². The lowest BCUT2D eigenvalue weighted by atomic mass is 10.1. The second-order valence-electron chi connectivity index (χ2n) is 8.24. The number of rotatable bonds is 17. The van der Waals surface area contributed by atoms with E-state index in [0.29, 0.717) is 38.0 Å². The minimum Gasteiger partial charge on any atom is -0.480 e. The number of nitrogens with two attached hydrogens (primary N) is 2. The molecule has 0 bridgehead atoms. The Hall–Kier alpha value is -2.38. The maximum atomic E-state index is 13.0. The van der Waals surface area contributed by atoms with Crippen molar-refractivity contribution in [1.82, 2.24) is 21.3 Å². The quantitative estimate of drug-likeness (QED) is 0.114. The maximum absolute atomic E-state index is 13.0. The van der Waals surface area contributed by atoms with E-state index in [1.54, 1.807) is 0 Å². The van der Waals surface area contributed by atoms with Gasteiger partial charge in [-0.2, -0.15) is 11.8 Å². The number of amides is 4. The van der Waals surface area contributed by atoms with Gasteiger partial charge in [0, 0.05) is 6.42 Å². The summed E-state index contributed by atoms with van der Waals surface area (Å²) >= 11 is 1.51. The summed E-state index contributed by atoms with van der Waals surface area (Å²) in [7, 11) is 0. The first kappa shape index (κ1) is 29.7. The highest BCUT2D eigenvalue weighted by atomic mass is 32.2. The number of unbranched alkanes of at least 4 members (excludes halogenated alkanes) is 1. The van der Waals surface area contributed by atoms with E-state index in [1.165, 1.54) is 11.8 Å². The average Bonchev–Trinajstić information content (AvgIpc) is 3.33. The topological polar surface area (TPSA) is 206 Å². The fourth-order valence-corrected chi connectivity index (χ4v) is 4.01. The molecule has 0 saturated carbocycles. The number of primary amides is 1. The van der Waals surface area contributed by atoms with Crippen molar-refractivity contribution in [1.29, 1.82) is 0 Å². The molecular formula is C21H38N6O6S. The second kappa shape index (κ2) is 16.3. The number of hydrogen-bond acceptors (Lipinski definition) is 8. The zero-order valence-corrected chi connectivity index (χ0v) is 20.5. The van der Waals surface area contributed by atoms with Crippen molar-refractivity contribution >= 4 is 41.4 Å². The van der Waals surface area contributed by atoms with Crippen LogP contribution in [0.2, 0.25) is 0 Å². The third-order valence-corrected chi connectivity index (χ3v) is 6.14. The van der Waals surface area contributed by atoms with Crippen LogP contribution in [-0.2, 0) is 24.0 Å². The van der Waals surface area contributed by atoms with E-state index in [4.69, 9.17) is 11.5 Å². The van der Waals surface area contributed by atoms with Gasteiger partial charge < -0.3 is 37.8 Å². The molecule has 4 amide bonds. The van der Waals surface area contributed by atoms with E-state index in [9.17, 15) is 29.1 Å². The van der Waals surface area contributed by atoms with E-state index in [1.807, 2.05) is 6.26 Å². The van der Waals surface area contributed by atoms with Crippen LogP contribution in [-0.4, -0.2) is 84.0 Å². The van der Waals surface area contributed by atoms with Crippen molar-refractivity contribution in [2.45, 2.75) is 75.5 Å². The van der Waals surface area contributed by atoms with Gasteiger partial charge in [0.05, 0.1) is 6.04 Å². The summed E-state index contributed by atoms with van der Waals surface area (Å²) < 4.78 is 0. The number of carboxylic acid groups (broad SMARTS) is 1. The Morgan fingerprint density at radius 2 is 1.65 bits per heavy atom. The van der Waals surface area contributed by atoms with Crippen LogP contribution in [0.15, 0.2) is 0 Å². The van der Waals surface area contributed by atoms with Gasteiger partial charge in [-0.3, -0.25) is 19.2 Å². The van der Waals surface area contributed by atoms with E-state index in [-0.39, 0.29) is 31.2 Å². The fraction of sp³-hybridized carbons (Fsp3) is 0.762. The third-order valence-electron chi connectivity index (χ3n) is 5.49. The molecule has 0 spiro atoms. The molecule has 1 aliphatic rings. The smallest absolute Gasteiger partial charge is 0.326 e. The van der Waals surface area contributed by atoms with Gasteiger partial charge >= 0.3 is 5.97 Å². The average molecular weight is 503 g/mol. The van der Waals surface area contributed by atoms with Gasteiger partial charge in [0.1, 0.15) is 18.1 Å². The molecule has 1 heterocycles. The summed E-state index contributed by atoms with van der Waals surface area (Å²) in [4.78, 5) is 61.2. The number of hydrogen-bond donors (Lipinski definition) is 7. The van der Waals surface area contributed by atoms with Gasteiger partial charge in [0.2, 0.25) is 23.6 Å². The highest BCUT2D eigenvalue weighted by Gasteiger charge is 2.31. The highest BCUT2D eigenvalue weighted by Crippen LogP contribution is 2.09. The molecule has 9 N–H and O–H groups in total. The summed E-state index contributed by atoms with van der Waals surface area (Å²) in [6, 6.07) is -3.60. The lowest BCUT2D eigenvalue weighted by Crippen LogP contribution is -2.57. The molecular weight excluding hydrogens is 464 g/mol. The Labute approximate surface area is 204 Å². The van der Waals surface area contributed by atoms with Gasteiger partial charge in [-0.1, -0.05) is 0 Å². The number of carbonyl (C=O) groups is 5. The normalized spacial score (nSPS) is 17.9. The zero-order chi connectivity index (χ0) is 25.5. The molecule has 194 valence electrons. The number of aliphatic carboxylic acids is 1. The first-order valence-corrected chi connectivity index (χ1v) is 12.9. The van der Waals surface area contributed by atoms with Crippen molar-refractivity contribution in [3.05, 3.63) is 0 Å². The van der Waals surface area contributed by atoms with E-state index in [2.05, 4.69) is 21.3 Å². The number of thioether (sulfide) groups is 1. The summed E-state index contributed by atoms with van der Waals surface area (Å²) in [5.74, 6) is -2.88. The molecule has 4 unspecified atom stereocenters. The minimum atomic E-state index is -1.21. The molecule has 34 heavy (non-hydrogen) atoms. The molecule has 0 aromatic rings. The third kappa shape index (κ3) is 11.2. The summed E-state index contributed by atoms with van der Waals surface area (Å²) in [5.41, 5.74) is 10.6. The predicted octanol–water partition coefficient (Wildman–Crippen LogP) is -1.57. The zero-order valence-electron chi connectivity index (χ0n) is 19.6. The molecule has 1 aliphatic heterocycles. The van der Waals surface area contributed by atoms with E-state index < -0.39 is 41.8 Å². The largest absolute Gasteiger partial charge is 0.480 e. The minimum absolute atomic E-state index is 0.102. The Balaban J connectivity index is 2.89. The highest BCUT2D eigenvalue weighted by molar-refractivity contribution is 7.98. The van der Waals surface area contributed by atoms with Crippen LogP contribution < -0.4 is 32.7 Å². The Morgan fingerprint density at radius 3 is 2.18 bits per heavy atom. The monoisotopic (exact) mass is 502 g/mol. The van der Waals surface area contributed by atoms with Crippen LogP contribution in [0.25, 0.3) is 0 Å². The van der Waals surface area contributed by atoms with Gasteiger partial charge in [-0.05, 0) is 70.0 Å². The molecule has 4 atom stereocenters. The molecule has 0 aromatic heterocycles. The van der Waals surface area contributed by atoms with Gasteiger partial charge in [-0.25, -0.2) is 4.79 Å². The van der Waals surface area contributed by atoms with Crippen molar-refractivity contribution in [2.75, 3.05) is 25.1 Å². The van der Waals surface area contributed by atoms with Crippen LogP contribution >= 0.6 is 11.8 Å². The maximum Gasteiger partial charge on any atom is 0.326 e. The molecule has 1 rings (SSSR count). The summed E-state index contributed by atoms with van der Waals surface area (Å²) in [6.07, 6.45) is 4.75. The molecule has 0 aromatic carbocycles. The van der Waals surface area contributed by atoms with Crippen molar-refractivity contribution in [2.24, 2.45) is 11.5 Å². The predicted molar refractivity (Wildman–Crippen MR) is 129 cm³/mol. The molecule has 12 nitrogen and oxygen atoms in total. The van der Waals surface area contributed by atoms with Crippen LogP contribution in [0.3, 0.4) is 0 Å². The lowest BCUT2D eigenvalue weighted by Gasteiger charge is -2.25. The second-order valence-corrected chi connectivity index (χ2v) is 9.23. The molecule has 13 heteroatoms. The number of carbonyl (C=O) groups excluding carboxylic acids is 4. The van der Waals surface area contributed by atoms with Crippen LogP contribution in [0.4, 0.5) is 0 Å². The fourth-order valence-electron chi connectivity index (χ4n) is 3.54. The Morgan fingerprint density at radius 1 is 1.00 bits per heavy atom. The van der Waals surface area contributed by atoms with E-state index >= 15 is 0 Å². The van der Waals surface area contributed by atoms with Crippen molar-refractivity contribution in [3.8, 4) is 0 Å². The summed E-state index contributed by atoms with van der Waals surface area (Å²) in [5, 5.41) is 20.2. The van der Waals surface area contributed by atoms with Crippen LogP contribution in [0.1, 0.15) is 51.4 Å². The Bertz CT molecular complexity index is 703. The Kier molecular flexibility index (Phi) is 14.2. The number of carboxylic acids is 1. The SMILES string of the molecule is CSCCC(NC(=O)C1CCCN1)C(=O)NC(CCC(N)=O)C(=O)NC(CCCCN)C(=O)O. The van der Waals surface area contributed by atoms with Crippen LogP contribution in [0.5, 0.6) is 0 Å². The van der Waals surface area contributed by atoms with Gasteiger partial charge in [0.15, 0.2) is 0 Å². The lowest BCUT2D eigenvalue weighted by molar-refractivity contribution is -0.142. The summed E-state index contributed by atoms with van der Waals surface area (Å²) in [6.45, 7) is 1.13. The van der Waals surface area contributed by atoms with Crippen molar-refractivity contribution in [3.63, 3.8) is 0 Å². The molecule has 0 aliphatic carbocycles. The van der Waals surface area contributed by atoms with Gasteiger partial charge in [-0.15, -0.1) is 0 Å². The first-order valence-electron chi connectivity index (χ1n) is 11.5. The van der Waals surface area contributed by atoms with Crippen LogP contribution in [0, 0.1) is 0 Å².